The van der Waals surface area contributed by atoms with E-state index in [9.17, 15) is 20.4 Å². The Kier molecular flexibility index (Phi) is 10.9. The van der Waals surface area contributed by atoms with Crippen molar-refractivity contribution >= 4 is 6.08 Å². The number of fused-ring (bicyclic) bond motifs is 9. The molecule has 0 spiro atoms. The van der Waals surface area contributed by atoms with E-state index in [0.717, 1.165) is 61.7 Å². The van der Waals surface area contributed by atoms with Crippen LogP contribution in [0.15, 0.2) is 59.6 Å². The number of benzene rings is 4. The second-order valence-electron chi connectivity index (χ2n) is 15.5. The van der Waals surface area contributed by atoms with Crippen LogP contribution in [0.5, 0.6) is 28.7 Å². The molecule has 0 radical (unpaired) electrons. The summed E-state index contributed by atoms with van der Waals surface area (Å²) in [6, 6.07) is 17.4. The first-order chi connectivity index (χ1) is 27.2. The summed E-state index contributed by atoms with van der Waals surface area (Å²) in [6.45, 7) is 3.81. The first-order valence-corrected chi connectivity index (χ1v) is 19.6. The number of rotatable bonds is 14. The number of ether oxygens (including phenoxy) is 4. The maximum atomic E-state index is 10.9. The molecule has 5 atom stereocenters. The fourth-order valence-electron chi connectivity index (χ4n) is 8.98. The summed E-state index contributed by atoms with van der Waals surface area (Å²) in [5.41, 5.74) is 7.15. The molecule has 0 amide bonds. The number of aliphatic hydroxyl groups is 2. The van der Waals surface area contributed by atoms with Crippen LogP contribution < -0.4 is 40.7 Å². The lowest BCUT2D eigenvalue weighted by atomic mass is 9.70. The van der Waals surface area contributed by atoms with Crippen LogP contribution in [0, 0.1) is 0 Å². The van der Waals surface area contributed by atoms with E-state index in [1.807, 2.05) is 25.2 Å². The lowest BCUT2D eigenvalue weighted by Gasteiger charge is -2.47. The van der Waals surface area contributed by atoms with Gasteiger partial charge < -0.3 is 50.0 Å². The van der Waals surface area contributed by atoms with Crippen LogP contribution in [0.4, 0.5) is 0 Å². The number of hydrogen-bond donors (Lipinski definition) is 7. The van der Waals surface area contributed by atoms with E-state index in [4.69, 9.17) is 18.9 Å². The van der Waals surface area contributed by atoms with Crippen molar-refractivity contribution in [3.8, 4) is 39.9 Å². The Balaban J connectivity index is 1.31. The van der Waals surface area contributed by atoms with Crippen molar-refractivity contribution in [2.45, 2.75) is 68.9 Å². The van der Waals surface area contributed by atoms with Gasteiger partial charge >= 0.3 is 0 Å². The van der Waals surface area contributed by atoms with Crippen LogP contribution in [-0.4, -0.2) is 92.0 Å². The van der Waals surface area contributed by atoms with Crippen LogP contribution in [-0.2, 0) is 30.4 Å². The summed E-state index contributed by atoms with van der Waals surface area (Å²) in [4.78, 5) is 4.59. The van der Waals surface area contributed by atoms with E-state index in [2.05, 4.69) is 45.2 Å². The minimum absolute atomic E-state index is 0.0230. The Bertz CT molecular complexity index is 2230. The van der Waals surface area contributed by atoms with Gasteiger partial charge in [0.1, 0.15) is 29.0 Å². The zero-order chi connectivity index (χ0) is 39.0. The third kappa shape index (κ3) is 7.21. The van der Waals surface area contributed by atoms with Crippen LogP contribution in [0.2, 0.25) is 0 Å². The quantitative estimate of drug-likeness (QED) is 0.0746. The molecule has 0 saturated heterocycles. The van der Waals surface area contributed by atoms with Crippen molar-refractivity contribution in [1.29, 1.82) is 0 Å². The number of aliphatic hydroxyl groups excluding tert-OH is 2. The average molecular weight is 765 g/mol. The predicted octanol–water partition coefficient (Wildman–Crippen LogP) is 2.88. The molecule has 0 unspecified atom stereocenters. The first-order valence-electron chi connectivity index (χ1n) is 19.6. The molecule has 12 nitrogen and oxygen atoms in total. The SMILES string of the molecule is CNCO[C@]1(CNCNC[C@H](C)O)Cc2c3c(c4c(c2O[C@@H]1c1ccc(O)c(OC)c1)CC[C@H](CO)O4)-c1ccc(O)cc1[C@@H](Cc1ccc2c(c1)=CCN=2)C3. The number of phenolic OH excluding ortho intramolecular Hbond substituents is 2. The molecule has 4 aliphatic rings. The number of aromatic hydroxyl groups is 2. The summed E-state index contributed by atoms with van der Waals surface area (Å²) in [5, 5.41) is 53.9. The topological polar surface area (TPSA) is 166 Å². The Morgan fingerprint density at radius 1 is 1.00 bits per heavy atom. The molecule has 296 valence electrons. The monoisotopic (exact) mass is 764 g/mol. The Morgan fingerprint density at radius 3 is 2.68 bits per heavy atom. The van der Waals surface area contributed by atoms with Gasteiger partial charge in [-0.05, 0) is 115 Å². The molecular weight excluding hydrogens is 713 g/mol. The predicted molar refractivity (Wildman–Crippen MR) is 212 cm³/mol. The second kappa shape index (κ2) is 16.0. The van der Waals surface area contributed by atoms with Gasteiger partial charge in [-0.2, -0.15) is 0 Å². The van der Waals surface area contributed by atoms with Crippen molar-refractivity contribution in [3.63, 3.8) is 0 Å². The summed E-state index contributed by atoms with van der Waals surface area (Å²) in [7, 11) is 3.37. The third-order valence-corrected chi connectivity index (χ3v) is 11.6. The standard InChI is InChI=1S/C44H52N4O8/c1-25(50)20-46-23-47-22-44(54-24-45-2)19-36-35-16-29(15-26-4-10-37-27(14-26)12-13-48-37)34-18-30(51)6-8-32(34)40(35)42-33(9-7-31(21-49)55-42)41(36)56-43(44)28-5-11-38(52)39(17-28)53-3/h4-6,8,10-12,14,17-18,25,29,31,43,45-47,49-52H,7,9,13,15-16,19-24H2,1-3H3/t25-,29-,31+,43+,44-/m0/s1. The largest absolute Gasteiger partial charge is 0.508 e. The van der Waals surface area contributed by atoms with Gasteiger partial charge in [0.2, 0.25) is 0 Å². The normalized spacial score (nSPS) is 22.2. The zero-order valence-corrected chi connectivity index (χ0v) is 32.2. The average Bonchev–Trinajstić information content (AvgIpc) is 3.68. The maximum absolute atomic E-state index is 10.9. The van der Waals surface area contributed by atoms with Gasteiger partial charge in [0.05, 0.1) is 38.5 Å². The maximum Gasteiger partial charge on any atom is 0.160 e. The highest BCUT2D eigenvalue weighted by Gasteiger charge is 2.50. The number of hydrogen-bond acceptors (Lipinski definition) is 12. The molecular formula is C44H52N4O8. The van der Waals surface area contributed by atoms with E-state index >= 15 is 0 Å². The fraction of sp³-hybridized carbons (Fsp3) is 0.432. The molecule has 4 aromatic rings. The van der Waals surface area contributed by atoms with Crippen LogP contribution in [0.1, 0.15) is 58.7 Å². The zero-order valence-electron chi connectivity index (χ0n) is 32.2. The molecule has 0 aromatic heterocycles. The molecule has 0 saturated carbocycles. The van der Waals surface area contributed by atoms with Gasteiger partial charge in [-0.3, -0.25) is 10.3 Å². The Hall–Kier alpha value is -4.69. The summed E-state index contributed by atoms with van der Waals surface area (Å²) in [6.07, 6.45) is 3.80. The van der Waals surface area contributed by atoms with Gasteiger partial charge in [-0.1, -0.05) is 24.3 Å². The van der Waals surface area contributed by atoms with Crippen LogP contribution in [0.25, 0.3) is 17.2 Å². The molecule has 7 N–H and O–H groups in total. The van der Waals surface area contributed by atoms with Crippen molar-refractivity contribution in [2.75, 3.05) is 53.8 Å². The lowest BCUT2D eigenvalue weighted by Crippen LogP contribution is -2.56. The fourth-order valence-corrected chi connectivity index (χ4v) is 8.98. The highest BCUT2D eigenvalue weighted by atomic mass is 16.6. The summed E-state index contributed by atoms with van der Waals surface area (Å²) < 4.78 is 26.5. The summed E-state index contributed by atoms with van der Waals surface area (Å²) in [5.74, 6) is 2.07. The molecule has 3 aliphatic heterocycles. The van der Waals surface area contributed by atoms with Crippen molar-refractivity contribution in [2.24, 2.45) is 4.99 Å². The van der Waals surface area contributed by atoms with E-state index in [-0.39, 0.29) is 36.9 Å². The highest BCUT2D eigenvalue weighted by molar-refractivity contribution is 5.85. The molecule has 0 fully saturated rings. The molecule has 56 heavy (non-hydrogen) atoms. The van der Waals surface area contributed by atoms with Gasteiger partial charge in [0.25, 0.3) is 0 Å². The van der Waals surface area contributed by atoms with Crippen molar-refractivity contribution < 1.29 is 39.4 Å². The molecule has 3 heterocycles. The number of methoxy groups -OCH3 is 1. The number of nitrogens with one attached hydrogen (secondary N) is 3. The smallest absolute Gasteiger partial charge is 0.160 e. The minimum Gasteiger partial charge on any atom is -0.508 e. The second-order valence-corrected chi connectivity index (χ2v) is 15.5. The highest BCUT2D eigenvalue weighted by Crippen LogP contribution is 2.57. The van der Waals surface area contributed by atoms with Crippen molar-refractivity contribution in [3.05, 3.63) is 98.6 Å². The number of nitrogens with zero attached hydrogens (tertiary/aromatic N) is 1. The molecule has 8 rings (SSSR count). The van der Waals surface area contributed by atoms with E-state index in [1.165, 1.54) is 12.7 Å². The lowest BCUT2D eigenvalue weighted by molar-refractivity contribution is -0.129. The molecule has 1 aliphatic carbocycles. The van der Waals surface area contributed by atoms with E-state index < -0.39 is 17.8 Å². The Morgan fingerprint density at radius 2 is 1.88 bits per heavy atom. The Labute approximate surface area is 326 Å². The first kappa shape index (κ1) is 38.2. The van der Waals surface area contributed by atoms with E-state index in [0.29, 0.717) is 63.5 Å². The summed E-state index contributed by atoms with van der Waals surface area (Å²) >= 11 is 0. The van der Waals surface area contributed by atoms with Gasteiger partial charge in [-0.15, -0.1) is 0 Å². The minimum atomic E-state index is -0.959. The number of phenols is 2. The molecule has 12 heteroatoms. The van der Waals surface area contributed by atoms with E-state index in [1.54, 1.807) is 25.1 Å². The van der Waals surface area contributed by atoms with Crippen molar-refractivity contribution in [1.82, 2.24) is 16.0 Å². The molecule has 0 bridgehead atoms. The van der Waals surface area contributed by atoms with Crippen LogP contribution in [0.3, 0.4) is 0 Å². The van der Waals surface area contributed by atoms with Gasteiger partial charge in [0.15, 0.2) is 17.6 Å². The van der Waals surface area contributed by atoms with Crippen LogP contribution >= 0.6 is 0 Å². The molecule has 4 aromatic carbocycles. The van der Waals surface area contributed by atoms with Gasteiger partial charge in [0, 0.05) is 42.9 Å². The third-order valence-electron chi connectivity index (χ3n) is 11.6. The van der Waals surface area contributed by atoms with Gasteiger partial charge in [-0.25, -0.2) is 0 Å².